The quantitative estimate of drug-likeness (QED) is 0.602. The highest BCUT2D eigenvalue weighted by Gasteiger charge is 2.35. The Labute approximate surface area is 179 Å². The average Bonchev–Trinajstić information content (AvgIpc) is 3.45. The number of H-pyrrole nitrogens is 1. The predicted octanol–water partition coefficient (Wildman–Crippen LogP) is 3.04. The first-order valence-electron chi connectivity index (χ1n) is 9.55. The SMILES string of the molecule is O=C(NCc1ccc(Cl)cc1)C1CCCN(S(=O)(=O)c2ccc(-c3ccn[nH]3)o2)C1. The number of hydrogen-bond acceptors (Lipinski definition) is 5. The summed E-state index contributed by atoms with van der Waals surface area (Å²) in [4.78, 5) is 12.6. The summed E-state index contributed by atoms with van der Waals surface area (Å²) in [5.74, 6) is -0.189. The van der Waals surface area contributed by atoms with Crippen molar-refractivity contribution in [3.8, 4) is 11.5 Å². The summed E-state index contributed by atoms with van der Waals surface area (Å²) in [6.07, 6.45) is 2.80. The van der Waals surface area contributed by atoms with Crippen LogP contribution in [0.5, 0.6) is 0 Å². The maximum absolute atomic E-state index is 13.0. The summed E-state index contributed by atoms with van der Waals surface area (Å²) in [7, 11) is -3.83. The normalized spacial score (nSPS) is 17.7. The molecule has 3 aromatic rings. The number of aromatic amines is 1. The minimum atomic E-state index is -3.83. The summed E-state index contributed by atoms with van der Waals surface area (Å²) in [6, 6.07) is 11.9. The van der Waals surface area contributed by atoms with Crippen molar-refractivity contribution in [1.82, 2.24) is 19.8 Å². The van der Waals surface area contributed by atoms with E-state index in [1.54, 1.807) is 30.5 Å². The van der Waals surface area contributed by atoms with E-state index in [0.29, 0.717) is 42.4 Å². The van der Waals surface area contributed by atoms with Crippen LogP contribution in [0, 0.1) is 5.92 Å². The van der Waals surface area contributed by atoms with E-state index in [4.69, 9.17) is 16.0 Å². The fraction of sp³-hybridized carbons (Fsp3) is 0.300. The van der Waals surface area contributed by atoms with Gasteiger partial charge in [0.25, 0.3) is 10.0 Å². The largest absolute Gasteiger partial charge is 0.442 e. The van der Waals surface area contributed by atoms with Gasteiger partial charge in [0.05, 0.1) is 5.92 Å². The predicted molar refractivity (Wildman–Crippen MR) is 111 cm³/mol. The zero-order valence-corrected chi connectivity index (χ0v) is 17.6. The highest BCUT2D eigenvalue weighted by molar-refractivity contribution is 7.89. The van der Waals surface area contributed by atoms with E-state index in [9.17, 15) is 13.2 Å². The van der Waals surface area contributed by atoms with Crippen LogP contribution in [0.1, 0.15) is 18.4 Å². The third kappa shape index (κ3) is 4.43. The molecule has 30 heavy (non-hydrogen) atoms. The summed E-state index contributed by atoms with van der Waals surface area (Å²) in [5, 5.41) is 9.95. The van der Waals surface area contributed by atoms with Gasteiger partial charge in [0.15, 0.2) is 5.76 Å². The molecular formula is C20H21ClN4O4S. The van der Waals surface area contributed by atoms with Gasteiger partial charge in [-0.15, -0.1) is 0 Å². The molecule has 4 rings (SSSR count). The fourth-order valence-electron chi connectivity index (χ4n) is 3.43. The minimum absolute atomic E-state index is 0.120. The molecular weight excluding hydrogens is 428 g/mol. The van der Waals surface area contributed by atoms with Gasteiger partial charge in [0.1, 0.15) is 5.69 Å². The van der Waals surface area contributed by atoms with Gasteiger partial charge in [-0.1, -0.05) is 23.7 Å². The molecule has 3 heterocycles. The van der Waals surface area contributed by atoms with Gasteiger partial charge in [-0.25, -0.2) is 8.42 Å². The van der Waals surface area contributed by atoms with Crippen LogP contribution in [-0.4, -0.2) is 41.9 Å². The van der Waals surface area contributed by atoms with Gasteiger partial charge in [-0.05, 0) is 48.7 Å². The maximum Gasteiger partial charge on any atom is 0.276 e. The smallest absolute Gasteiger partial charge is 0.276 e. The van der Waals surface area contributed by atoms with Gasteiger partial charge in [-0.2, -0.15) is 9.40 Å². The van der Waals surface area contributed by atoms with Crippen molar-refractivity contribution in [1.29, 1.82) is 0 Å². The second-order valence-corrected chi connectivity index (χ2v) is 9.44. The lowest BCUT2D eigenvalue weighted by Crippen LogP contribution is -2.45. The molecule has 1 amide bonds. The Morgan fingerprint density at radius 1 is 1.23 bits per heavy atom. The molecule has 1 unspecified atom stereocenters. The number of carbonyl (C=O) groups is 1. The van der Waals surface area contributed by atoms with E-state index >= 15 is 0 Å². The Morgan fingerprint density at radius 3 is 2.77 bits per heavy atom. The Morgan fingerprint density at radius 2 is 2.03 bits per heavy atom. The highest BCUT2D eigenvalue weighted by Crippen LogP contribution is 2.28. The molecule has 0 aliphatic carbocycles. The van der Waals surface area contributed by atoms with Crippen molar-refractivity contribution >= 4 is 27.5 Å². The number of piperidine rings is 1. The van der Waals surface area contributed by atoms with Crippen molar-refractivity contribution in [3.05, 3.63) is 59.2 Å². The lowest BCUT2D eigenvalue weighted by molar-refractivity contribution is -0.126. The second kappa shape index (κ2) is 8.63. The average molecular weight is 449 g/mol. The Balaban J connectivity index is 1.41. The fourth-order valence-corrected chi connectivity index (χ4v) is 5.00. The van der Waals surface area contributed by atoms with Crippen molar-refractivity contribution < 1.29 is 17.6 Å². The van der Waals surface area contributed by atoms with Crippen molar-refractivity contribution in [2.75, 3.05) is 13.1 Å². The van der Waals surface area contributed by atoms with E-state index in [0.717, 1.165) is 5.56 Å². The molecule has 0 radical (unpaired) electrons. The summed E-state index contributed by atoms with van der Waals surface area (Å²) >= 11 is 5.87. The molecule has 1 saturated heterocycles. The Bertz CT molecular complexity index is 1110. The molecule has 0 spiro atoms. The first-order valence-corrected chi connectivity index (χ1v) is 11.4. The molecule has 8 nitrogen and oxygen atoms in total. The van der Waals surface area contributed by atoms with Crippen LogP contribution in [-0.2, 0) is 21.4 Å². The molecule has 158 valence electrons. The van der Waals surface area contributed by atoms with Gasteiger partial charge in [0, 0.05) is 30.9 Å². The summed E-state index contributed by atoms with van der Waals surface area (Å²) in [6.45, 7) is 0.837. The number of hydrogen-bond donors (Lipinski definition) is 2. The first kappa shape index (κ1) is 20.6. The molecule has 0 saturated carbocycles. The number of nitrogens with zero attached hydrogens (tertiary/aromatic N) is 2. The van der Waals surface area contributed by atoms with Crippen molar-refractivity contribution in [2.45, 2.75) is 24.5 Å². The topological polar surface area (TPSA) is 108 Å². The number of nitrogens with one attached hydrogen (secondary N) is 2. The van der Waals surface area contributed by atoms with Crippen LogP contribution in [0.2, 0.25) is 5.02 Å². The maximum atomic E-state index is 13.0. The summed E-state index contributed by atoms with van der Waals surface area (Å²) < 4.78 is 32.9. The van der Waals surface area contributed by atoms with Crippen LogP contribution in [0.25, 0.3) is 11.5 Å². The number of aromatic nitrogens is 2. The molecule has 0 bridgehead atoms. The number of benzene rings is 1. The van der Waals surface area contributed by atoms with Gasteiger partial charge in [-0.3, -0.25) is 9.89 Å². The van der Waals surface area contributed by atoms with Crippen LogP contribution in [0.3, 0.4) is 0 Å². The van der Waals surface area contributed by atoms with Gasteiger partial charge in [0.2, 0.25) is 11.0 Å². The van der Waals surface area contributed by atoms with E-state index in [1.807, 2.05) is 12.1 Å². The molecule has 1 aliphatic rings. The van der Waals surface area contributed by atoms with Crippen LogP contribution in [0.15, 0.2) is 58.2 Å². The zero-order valence-electron chi connectivity index (χ0n) is 16.0. The third-order valence-electron chi connectivity index (χ3n) is 5.08. The molecule has 2 N–H and O–H groups in total. The van der Waals surface area contributed by atoms with E-state index in [-0.39, 0.29) is 17.5 Å². The number of furan rings is 1. The zero-order chi connectivity index (χ0) is 21.1. The number of sulfonamides is 1. The highest BCUT2D eigenvalue weighted by atomic mass is 35.5. The van der Waals surface area contributed by atoms with Crippen LogP contribution < -0.4 is 5.32 Å². The standard InChI is InChI=1S/C20H21ClN4O4S/c21-16-5-3-14(4-6-16)12-22-20(26)15-2-1-11-25(13-15)30(27,28)19-8-7-18(29-19)17-9-10-23-24-17/h3-10,15H,1-2,11-13H2,(H,22,26)(H,23,24). The second-order valence-electron chi connectivity index (χ2n) is 7.14. The summed E-state index contributed by atoms with van der Waals surface area (Å²) in [5.41, 5.74) is 1.52. The van der Waals surface area contributed by atoms with E-state index < -0.39 is 15.9 Å². The Kier molecular flexibility index (Phi) is 5.94. The molecule has 1 aliphatic heterocycles. The Hall–Kier alpha value is -2.62. The van der Waals surface area contributed by atoms with Gasteiger partial charge < -0.3 is 9.73 Å². The molecule has 1 aromatic carbocycles. The number of amides is 1. The molecule has 2 aromatic heterocycles. The third-order valence-corrected chi connectivity index (χ3v) is 7.07. The van der Waals surface area contributed by atoms with Crippen LogP contribution >= 0.6 is 11.6 Å². The first-order chi connectivity index (χ1) is 14.4. The van der Waals surface area contributed by atoms with Crippen molar-refractivity contribution in [3.63, 3.8) is 0 Å². The molecule has 10 heteroatoms. The molecule has 1 fully saturated rings. The number of rotatable bonds is 6. The lowest BCUT2D eigenvalue weighted by atomic mass is 9.99. The van der Waals surface area contributed by atoms with Crippen LogP contribution in [0.4, 0.5) is 0 Å². The van der Waals surface area contributed by atoms with Crippen molar-refractivity contribution in [2.24, 2.45) is 5.92 Å². The molecule has 1 atom stereocenters. The van der Waals surface area contributed by atoms with E-state index in [1.165, 1.54) is 10.4 Å². The van der Waals surface area contributed by atoms with Gasteiger partial charge >= 0.3 is 0 Å². The monoisotopic (exact) mass is 448 g/mol. The lowest BCUT2D eigenvalue weighted by Gasteiger charge is -2.30. The minimum Gasteiger partial charge on any atom is -0.442 e. The van der Waals surface area contributed by atoms with E-state index in [2.05, 4.69) is 15.5 Å². The number of halogens is 1. The number of carbonyl (C=O) groups excluding carboxylic acids is 1.